The van der Waals surface area contributed by atoms with Gasteiger partial charge >= 0.3 is 5.97 Å². The SMILES string of the molecule is CCC=C(c1c(C)cccc1N1CCCCC1)C(C(N)=O)c1ccc(C(=O)OCC)cc1. The van der Waals surface area contributed by atoms with E-state index in [0.29, 0.717) is 12.2 Å². The normalized spacial score (nSPS) is 15.3. The Bertz CT molecular complexity index is 973. The molecule has 0 spiro atoms. The highest BCUT2D eigenvalue weighted by Gasteiger charge is 2.28. The first-order valence-corrected chi connectivity index (χ1v) is 11.6. The zero-order valence-corrected chi connectivity index (χ0v) is 19.4. The van der Waals surface area contributed by atoms with Crippen LogP contribution in [-0.2, 0) is 9.53 Å². The van der Waals surface area contributed by atoms with E-state index in [1.165, 1.54) is 24.9 Å². The molecule has 1 saturated heterocycles. The molecule has 1 unspecified atom stereocenters. The highest BCUT2D eigenvalue weighted by atomic mass is 16.5. The van der Waals surface area contributed by atoms with E-state index in [4.69, 9.17) is 10.5 Å². The first-order chi connectivity index (χ1) is 15.5. The number of nitrogens with zero attached hydrogens (tertiary/aromatic N) is 1. The minimum atomic E-state index is -0.601. The molecule has 5 heteroatoms. The van der Waals surface area contributed by atoms with Crippen molar-refractivity contribution in [3.63, 3.8) is 0 Å². The van der Waals surface area contributed by atoms with Crippen LogP contribution >= 0.6 is 0 Å². The molecular formula is C27H34N2O3. The largest absolute Gasteiger partial charge is 0.462 e. The van der Waals surface area contributed by atoms with Gasteiger partial charge in [0.1, 0.15) is 0 Å². The Labute approximate surface area is 191 Å². The van der Waals surface area contributed by atoms with Crippen LogP contribution in [0, 0.1) is 6.92 Å². The summed E-state index contributed by atoms with van der Waals surface area (Å²) >= 11 is 0. The number of esters is 1. The summed E-state index contributed by atoms with van der Waals surface area (Å²) in [7, 11) is 0. The molecule has 1 aliphatic heterocycles. The molecule has 5 nitrogen and oxygen atoms in total. The molecule has 0 saturated carbocycles. The molecule has 2 aromatic rings. The van der Waals surface area contributed by atoms with Crippen LogP contribution in [0.1, 0.15) is 72.5 Å². The maximum Gasteiger partial charge on any atom is 0.338 e. The topological polar surface area (TPSA) is 72.6 Å². The lowest BCUT2D eigenvalue weighted by atomic mass is 9.82. The molecule has 32 heavy (non-hydrogen) atoms. The molecule has 0 radical (unpaired) electrons. The van der Waals surface area contributed by atoms with Gasteiger partial charge in [0, 0.05) is 24.3 Å². The second-order valence-corrected chi connectivity index (χ2v) is 8.26. The van der Waals surface area contributed by atoms with Gasteiger partial charge in [-0.3, -0.25) is 4.79 Å². The van der Waals surface area contributed by atoms with E-state index < -0.39 is 11.8 Å². The van der Waals surface area contributed by atoms with Gasteiger partial charge in [-0.15, -0.1) is 0 Å². The average Bonchev–Trinajstić information content (AvgIpc) is 2.79. The third kappa shape index (κ3) is 5.21. The number of carbonyl (C=O) groups excluding carboxylic acids is 2. The molecule has 1 aliphatic rings. The Kier molecular flexibility index (Phi) is 8.09. The summed E-state index contributed by atoms with van der Waals surface area (Å²) in [6.07, 6.45) is 6.51. The number of hydrogen-bond acceptors (Lipinski definition) is 4. The number of anilines is 1. The van der Waals surface area contributed by atoms with Crippen LogP contribution in [0.25, 0.3) is 5.57 Å². The van der Waals surface area contributed by atoms with Crippen molar-refractivity contribution in [1.29, 1.82) is 0 Å². The van der Waals surface area contributed by atoms with Gasteiger partial charge in [0.15, 0.2) is 0 Å². The molecule has 170 valence electrons. The lowest BCUT2D eigenvalue weighted by Gasteiger charge is -2.33. The van der Waals surface area contributed by atoms with Gasteiger partial charge in [-0.2, -0.15) is 0 Å². The van der Waals surface area contributed by atoms with Gasteiger partial charge in [0.05, 0.1) is 18.1 Å². The zero-order chi connectivity index (χ0) is 23.1. The van der Waals surface area contributed by atoms with Crippen molar-refractivity contribution in [2.24, 2.45) is 5.73 Å². The van der Waals surface area contributed by atoms with Crippen molar-refractivity contribution in [1.82, 2.24) is 0 Å². The van der Waals surface area contributed by atoms with Crippen molar-refractivity contribution in [2.45, 2.75) is 52.4 Å². The smallest absolute Gasteiger partial charge is 0.338 e. The number of primary amides is 1. The highest BCUT2D eigenvalue weighted by Crippen LogP contribution is 2.40. The number of allylic oxidation sites excluding steroid dienone is 1. The molecule has 0 bridgehead atoms. The predicted octanol–water partition coefficient (Wildman–Crippen LogP) is 5.22. The Morgan fingerprint density at radius 1 is 1.06 bits per heavy atom. The van der Waals surface area contributed by atoms with E-state index in [1.807, 2.05) is 12.1 Å². The number of piperidine rings is 1. The summed E-state index contributed by atoms with van der Waals surface area (Å²) in [6, 6.07) is 13.4. The van der Waals surface area contributed by atoms with Crippen molar-refractivity contribution in [3.8, 4) is 0 Å². The molecule has 2 aromatic carbocycles. The summed E-state index contributed by atoms with van der Waals surface area (Å²) in [6.45, 7) is 8.30. The highest BCUT2D eigenvalue weighted by molar-refractivity contribution is 5.99. The first kappa shape index (κ1) is 23.6. The molecule has 1 amide bonds. The number of carbonyl (C=O) groups is 2. The summed E-state index contributed by atoms with van der Waals surface area (Å²) in [5.41, 5.74) is 11.5. The third-order valence-corrected chi connectivity index (χ3v) is 6.01. The Hall–Kier alpha value is -3.08. The molecule has 2 N–H and O–H groups in total. The van der Waals surface area contributed by atoms with Crippen LogP contribution < -0.4 is 10.6 Å². The predicted molar refractivity (Wildman–Crippen MR) is 130 cm³/mol. The maximum absolute atomic E-state index is 12.8. The fourth-order valence-corrected chi connectivity index (χ4v) is 4.53. The van der Waals surface area contributed by atoms with Gasteiger partial charge in [-0.05, 0) is 74.4 Å². The number of rotatable bonds is 8. The first-order valence-electron chi connectivity index (χ1n) is 11.6. The Morgan fingerprint density at radius 3 is 2.34 bits per heavy atom. The molecule has 1 atom stereocenters. The van der Waals surface area contributed by atoms with E-state index >= 15 is 0 Å². The molecule has 1 fully saturated rings. The van der Waals surface area contributed by atoms with Gasteiger partial charge in [0.25, 0.3) is 0 Å². The molecule has 0 aliphatic carbocycles. The van der Waals surface area contributed by atoms with Gasteiger partial charge in [-0.1, -0.05) is 37.3 Å². The van der Waals surface area contributed by atoms with E-state index in [1.54, 1.807) is 19.1 Å². The van der Waals surface area contributed by atoms with E-state index in [-0.39, 0.29) is 5.97 Å². The number of benzene rings is 2. The molecular weight excluding hydrogens is 400 g/mol. The quantitative estimate of drug-likeness (QED) is 0.578. The second kappa shape index (κ2) is 11.0. The van der Waals surface area contributed by atoms with Crippen LogP contribution in [0.3, 0.4) is 0 Å². The number of amides is 1. The van der Waals surface area contributed by atoms with Gasteiger partial charge < -0.3 is 15.4 Å². The van der Waals surface area contributed by atoms with E-state index in [2.05, 4.69) is 43.0 Å². The number of hydrogen-bond donors (Lipinski definition) is 1. The standard InChI is InChI=1S/C27H34N2O3/c1-4-10-22(24-19(3)11-9-12-23(24)29-17-7-6-8-18-29)25(26(28)30)20-13-15-21(16-14-20)27(31)32-5-2/h9-16,25H,4-8,17-18H2,1-3H3,(H2,28,30). The fourth-order valence-electron chi connectivity index (χ4n) is 4.53. The van der Waals surface area contributed by atoms with Crippen molar-refractivity contribution in [2.75, 3.05) is 24.6 Å². The minimum absolute atomic E-state index is 0.320. The van der Waals surface area contributed by atoms with Gasteiger partial charge in [-0.25, -0.2) is 4.79 Å². The van der Waals surface area contributed by atoms with Crippen LogP contribution in [0.5, 0.6) is 0 Å². The van der Waals surface area contributed by atoms with Gasteiger partial charge in [0.2, 0.25) is 5.91 Å². The van der Waals surface area contributed by atoms with Crippen molar-refractivity contribution in [3.05, 3.63) is 70.8 Å². The van der Waals surface area contributed by atoms with Crippen LogP contribution in [0.15, 0.2) is 48.5 Å². The monoisotopic (exact) mass is 434 g/mol. The Balaban J connectivity index is 2.07. The van der Waals surface area contributed by atoms with E-state index in [0.717, 1.165) is 41.8 Å². The van der Waals surface area contributed by atoms with E-state index in [9.17, 15) is 9.59 Å². The van der Waals surface area contributed by atoms with Crippen molar-refractivity contribution < 1.29 is 14.3 Å². The number of aryl methyl sites for hydroxylation is 1. The summed E-state index contributed by atoms with van der Waals surface area (Å²) in [5.74, 6) is -1.37. The molecule has 0 aromatic heterocycles. The van der Waals surface area contributed by atoms with Crippen molar-refractivity contribution >= 4 is 23.1 Å². The van der Waals surface area contributed by atoms with Crippen LogP contribution in [-0.4, -0.2) is 31.6 Å². The zero-order valence-electron chi connectivity index (χ0n) is 19.4. The molecule has 1 heterocycles. The Morgan fingerprint density at radius 2 is 1.75 bits per heavy atom. The van der Waals surface area contributed by atoms with Crippen LogP contribution in [0.2, 0.25) is 0 Å². The maximum atomic E-state index is 12.8. The summed E-state index contributed by atoms with van der Waals surface area (Å²) < 4.78 is 5.08. The number of ether oxygens (including phenoxy) is 1. The minimum Gasteiger partial charge on any atom is -0.462 e. The second-order valence-electron chi connectivity index (χ2n) is 8.26. The summed E-state index contributed by atoms with van der Waals surface area (Å²) in [4.78, 5) is 27.3. The average molecular weight is 435 g/mol. The lowest BCUT2D eigenvalue weighted by Crippen LogP contribution is -2.31. The lowest BCUT2D eigenvalue weighted by molar-refractivity contribution is -0.118. The van der Waals surface area contributed by atoms with Crippen LogP contribution in [0.4, 0.5) is 5.69 Å². The summed E-state index contributed by atoms with van der Waals surface area (Å²) in [5, 5.41) is 0. The number of nitrogens with two attached hydrogens (primary N) is 1. The molecule has 3 rings (SSSR count). The third-order valence-electron chi connectivity index (χ3n) is 6.01. The fraction of sp³-hybridized carbons (Fsp3) is 0.407.